The Morgan fingerprint density at radius 3 is 2.42 bits per heavy atom. The number of nitrogen functional groups attached to an aromatic ring is 1. The summed E-state index contributed by atoms with van der Waals surface area (Å²) >= 11 is 15.2. The average molecular weight is 357 g/mol. The molecule has 96 valence electrons. The van der Waals surface area contributed by atoms with Gasteiger partial charge in [-0.1, -0.05) is 23.2 Å². The van der Waals surface area contributed by atoms with Crippen molar-refractivity contribution in [3.05, 3.63) is 50.4 Å². The summed E-state index contributed by atoms with van der Waals surface area (Å²) in [7, 11) is 0. The van der Waals surface area contributed by atoms with E-state index < -0.39 is 0 Å². The zero-order valence-electron chi connectivity index (χ0n) is 9.55. The van der Waals surface area contributed by atoms with E-state index in [1.807, 2.05) is 0 Å². The summed E-state index contributed by atoms with van der Waals surface area (Å²) in [5.74, 6) is 0. The van der Waals surface area contributed by atoms with Crippen LogP contribution in [0.15, 0.2) is 34.8 Å². The fourth-order valence-electron chi connectivity index (χ4n) is 1.50. The predicted octanol–water partition coefficient (Wildman–Crippen LogP) is 4.95. The molecule has 0 saturated carbocycles. The SMILES string of the molecule is N#Cc1ccc(Nc2cc(Cl)c(Cl)cc2N)c(Br)c1. The van der Waals surface area contributed by atoms with Crippen LogP contribution < -0.4 is 11.1 Å². The number of nitrogens with one attached hydrogen (secondary N) is 1. The highest BCUT2D eigenvalue weighted by atomic mass is 79.9. The van der Waals surface area contributed by atoms with E-state index in [0.29, 0.717) is 27.0 Å². The highest BCUT2D eigenvalue weighted by molar-refractivity contribution is 9.10. The van der Waals surface area contributed by atoms with Crippen LogP contribution in [-0.2, 0) is 0 Å². The van der Waals surface area contributed by atoms with Crippen molar-refractivity contribution in [2.24, 2.45) is 0 Å². The highest BCUT2D eigenvalue weighted by Gasteiger charge is 2.07. The Hall–Kier alpha value is -1.41. The van der Waals surface area contributed by atoms with Crippen LogP contribution in [-0.4, -0.2) is 0 Å². The molecule has 0 aromatic heterocycles. The lowest BCUT2D eigenvalue weighted by molar-refractivity contribution is 1.46. The first kappa shape index (κ1) is 14.0. The number of benzene rings is 2. The number of halogens is 3. The number of hydrogen-bond donors (Lipinski definition) is 2. The van der Waals surface area contributed by atoms with E-state index >= 15 is 0 Å². The molecular weight excluding hydrogens is 349 g/mol. The molecule has 3 nitrogen and oxygen atoms in total. The molecule has 0 saturated heterocycles. The van der Waals surface area contributed by atoms with E-state index in [2.05, 4.69) is 27.3 Å². The summed E-state index contributed by atoms with van der Waals surface area (Å²) in [6.07, 6.45) is 0. The molecular formula is C13H8BrCl2N3. The third-order valence-corrected chi connectivity index (χ3v) is 3.84. The Morgan fingerprint density at radius 1 is 1.11 bits per heavy atom. The van der Waals surface area contributed by atoms with Crippen molar-refractivity contribution in [3.8, 4) is 6.07 Å². The number of nitrogens with two attached hydrogens (primary N) is 1. The molecule has 0 heterocycles. The number of anilines is 3. The second-order valence-electron chi connectivity index (χ2n) is 3.78. The Bertz CT molecular complexity index is 680. The van der Waals surface area contributed by atoms with Crippen molar-refractivity contribution in [2.75, 3.05) is 11.1 Å². The summed E-state index contributed by atoms with van der Waals surface area (Å²) in [6.45, 7) is 0. The van der Waals surface area contributed by atoms with Crippen LogP contribution >= 0.6 is 39.1 Å². The second kappa shape index (κ2) is 5.70. The maximum atomic E-state index is 8.81. The summed E-state index contributed by atoms with van der Waals surface area (Å²) < 4.78 is 0.761. The molecule has 0 spiro atoms. The molecule has 0 atom stereocenters. The second-order valence-corrected chi connectivity index (χ2v) is 5.45. The van der Waals surface area contributed by atoms with E-state index in [-0.39, 0.29) is 0 Å². The van der Waals surface area contributed by atoms with Crippen LogP contribution in [0.25, 0.3) is 0 Å². The molecule has 0 aliphatic rings. The molecule has 0 aliphatic heterocycles. The van der Waals surface area contributed by atoms with Crippen molar-refractivity contribution >= 4 is 56.2 Å². The van der Waals surface area contributed by atoms with Gasteiger partial charge in [0.05, 0.1) is 38.7 Å². The lowest BCUT2D eigenvalue weighted by atomic mass is 10.2. The van der Waals surface area contributed by atoms with Crippen LogP contribution in [0.4, 0.5) is 17.1 Å². The van der Waals surface area contributed by atoms with Gasteiger partial charge >= 0.3 is 0 Å². The Balaban J connectivity index is 2.37. The minimum absolute atomic E-state index is 0.406. The van der Waals surface area contributed by atoms with Gasteiger partial charge in [0.1, 0.15) is 0 Å². The fraction of sp³-hybridized carbons (Fsp3) is 0. The lowest BCUT2D eigenvalue weighted by Gasteiger charge is -2.12. The number of rotatable bonds is 2. The molecule has 2 aromatic rings. The molecule has 0 fully saturated rings. The van der Waals surface area contributed by atoms with Crippen LogP contribution in [0.1, 0.15) is 5.56 Å². The van der Waals surface area contributed by atoms with Gasteiger partial charge in [-0.3, -0.25) is 0 Å². The van der Waals surface area contributed by atoms with Gasteiger partial charge in [-0.05, 0) is 46.3 Å². The highest BCUT2D eigenvalue weighted by Crippen LogP contribution is 2.34. The van der Waals surface area contributed by atoms with Crippen LogP contribution in [0.3, 0.4) is 0 Å². The normalized spacial score (nSPS) is 10.0. The maximum absolute atomic E-state index is 8.81. The van der Waals surface area contributed by atoms with E-state index in [4.69, 9.17) is 34.2 Å². The van der Waals surface area contributed by atoms with Gasteiger partial charge in [-0.15, -0.1) is 0 Å². The Morgan fingerprint density at radius 2 is 1.79 bits per heavy atom. The molecule has 0 bridgehead atoms. The van der Waals surface area contributed by atoms with Gasteiger partial charge in [0.2, 0.25) is 0 Å². The standard InChI is InChI=1S/C13H8BrCl2N3/c14-8-3-7(6-17)1-2-12(8)19-13-5-10(16)9(15)4-11(13)18/h1-5,19H,18H2. The number of nitrogens with zero attached hydrogens (tertiary/aromatic N) is 1. The van der Waals surface area contributed by atoms with Crippen molar-refractivity contribution < 1.29 is 0 Å². The average Bonchev–Trinajstić information content (AvgIpc) is 2.38. The van der Waals surface area contributed by atoms with Gasteiger partial charge < -0.3 is 11.1 Å². The Labute approximate surface area is 129 Å². The van der Waals surface area contributed by atoms with E-state index in [1.54, 1.807) is 30.3 Å². The summed E-state index contributed by atoms with van der Waals surface area (Å²) in [4.78, 5) is 0. The van der Waals surface area contributed by atoms with Crippen LogP contribution in [0.2, 0.25) is 10.0 Å². The molecule has 0 amide bonds. The van der Waals surface area contributed by atoms with Crippen molar-refractivity contribution in [1.82, 2.24) is 0 Å². The van der Waals surface area contributed by atoms with Crippen LogP contribution in [0.5, 0.6) is 0 Å². The van der Waals surface area contributed by atoms with Crippen molar-refractivity contribution in [2.45, 2.75) is 0 Å². The minimum Gasteiger partial charge on any atom is -0.397 e. The quantitative estimate of drug-likeness (QED) is 0.748. The van der Waals surface area contributed by atoms with Gasteiger partial charge in [0.15, 0.2) is 0 Å². The fourth-order valence-corrected chi connectivity index (χ4v) is 2.32. The van der Waals surface area contributed by atoms with Gasteiger partial charge in [0.25, 0.3) is 0 Å². The van der Waals surface area contributed by atoms with Gasteiger partial charge in [-0.2, -0.15) is 5.26 Å². The van der Waals surface area contributed by atoms with Gasteiger partial charge in [0, 0.05) is 4.47 Å². The smallest absolute Gasteiger partial charge is 0.0992 e. The first-order valence-corrected chi connectivity index (χ1v) is 6.77. The lowest BCUT2D eigenvalue weighted by Crippen LogP contribution is -1.97. The zero-order chi connectivity index (χ0) is 14.0. The summed E-state index contributed by atoms with van der Waals surface area (Å²) in [5, 5.41) is 12.8. The monoisotopic (exact) mass is 355 g/mol. The molecule has 2 rings (SSSR count). The molecule has 0 radical (unpaired) electrons. The first-order chi connectivity index (χ1) is 9.01. The minimum atomic E-state index is 0.406. The maximum Gasteiger partial charge on any atom is 0.0992 e. The number of nitriles is 1. The molecule has 0 aliphatic carbocycles. The first-order valence-electron chi connectivity index (χ1n) is 5.22. The number of hydrogen-bond acceptors (Lipinski definition) is 3. The third-order valence-electron chi connectivity index (χ3n) is 2.46. The molecule has 2 aromatic carbocycles. The third kappa shape index (κ3) is 3.13. The summed E-state index contributed by atoms with van der Waals surface area (Å²) in [6, 6.07) is 10.5. The van der Waals surface area contributed by atoms with Crippen molar-refractivity contribution in [3.63, 3.8) is 0 Å². The summed E-state index contributed by atoms with van der Waals surface area (Å²) in [5.41, 5.74) is 8.37. The van der Waals surface area contributed by atoms with Crippen LogP contribution in [0, 0.1) is 11.3 Å². The zero-order valence-corrected chi connectivity index (χ0v) is 12.6. The molecule has 6 heteroatoms. The molecule has 19 heavy (non-hydrogen) atoms. The Kier molecular flexibility index (Phi) is 4.20. The van der Waals surface area contributed by atoms with E-state index in [9.17, 15) is 0 Å². The molecule has 0 unspecified atom stereocenters. The van der Waals surface area contributed by atoms with E-state index in [1.165, 1.54) is 0 Å². The van der Waals surface area contributed by atoms with Crippen molar-refractivity contribution in [1.29, 1.82) is 5.26 Å². The topological polar surface area (TPSA) is 61.8 Å². The molecule has 3 N–H and O–H groups in total. The predicted molar refractivity (Wildman–Crippen MR) is 83.0 cm³/mol. The largest absolute Gasteiger partial charge is 0.397 e. The van der Waals surface area contributed by atoms with E-state index in [0.717, 1.165) is 10.2 Å². The van der Waals surface area contributed by atoms with Gasteiger partial charge in [-0.25, -0.2) is 0 Å².